The normalized spacial score (nSPS) is 17.8. The fourth-order valence-electron chi connectivity index (χ4n) is 3.67. The van der Waals surface area contributed by atoms with Crippen molar-refractivity contribution in [1.82, 2.24) is 9.40 Å². The van der Waals surface area contributed by atoms with Crippen LogP contribution >= 0.6 is 11.8 Å². The van der Waals surface area contributed by atoms with Crippen LogP contribution in [0.5, 0.6) is 0 Å². The van der Waals surface area contributed by atoms with Crippen molar-refractivity contribution in [3.63, 3.8) is 0 Å². The van der Waals surface area contributed by atoms with Gasteiger partial charge in [0.25, 0.3) is 0 Å². The number of piperidine rings is 1. The third kappa shape index (κ3) is 3.82. The minimum atomic E-state index is -0.404. The summed E-state index contributed by atoms with van der Waals surface area (Å²) in [6.07, 6.45) is 5.47. The first kappa shape index (κ1) is 18.2. The van der Waals surface area contributed by atoms with E-state index in [9.17, 15) is 9.18 Å². The summed E-state index contributed by atoms with van der Waals surface area (Å²) in [5.74, 6) is -0.726. The number of aryl methyl sites for hydroxylation is 1. The molecule has 1 aromatic heterocycles. The van der Waals surface area contributed by atoms with Crippen molar-refractivity contribution in [3.8, 4) is 0 Å². The zero-order chi connectivity index (χ0) is 18.0. The smallest absolute Gasteiger partial charge is 0.340 e. The van der Waals surface area contributed by atoms with E-state index in [1.807, 2.05) is 0 Å². The van der Waals surface area contributed by atoms with Crippen LogP contribution in [0.1, 0.15) is 48.5 Å². The van der Waals surface area contributed by atoms with E-state index in [-0.39, 0.29) is 11.2 Å². The van der Waals surface area contributed by atoms with E-state index < -0.39 is 5.97 Å². The number of halogens is 2. The first-order valence-electron chi connectivity index (χ1n) is 8.79. The Bertz CT molecular complexity index is 766. The van der Waals surface area contributed by atoms with Crippen molar-refractivity contribution in [2.45, 2.75) is 39.5 Å². The number of hydrogen-bond acceptors (Lipinski definition) is 3. The predicted octanol–water partition coefficient (Wildman–Crippen LogP) is 4.81. The van der Waals surface area contributed by atoms with E-state index >= 15 is 0 Å². The van der Waals surface area contributed by atoms with Crippen LogP contribution in [0.4, 0.5) is 4.39 Å². The average molecular weight is 367 g/mol. The molecule has 1 aromatic carbocycles. The maximum atomic E-state index is 13.9. The molecule has 1 fully saturated rings. The molecule has 4 nitrogen and oxygen atoms in total. The third-order valence-corrected chi connectivity index (χ3v) is 5.58. The lowest BCUT2D eigenvalue weighted by Gasteiger charge is -2.39. The molecule has 0 atom stereocenters. The summed E-state index contributed by atoms with van der Waals surface area (Å²) in [6.45, 7) is 5.82. The number of rotatable bonds is 5. The van der Waals surface area contributed by atoms with Crippen LogP contribution in [0.25, 0.3) is 10.9 Å². The van der Waals surface area contributed by atoms with Crippen LogP contribution in [0, 0.1) is 18.2 Å². The zero-order valence-electron chi connectivity index (χ0n) is 14.7. The molecule has 1 saturated heterocycles. The van der Waals surface area contributed by atoms with Crippen LogP contribution in [0.2, 0.25) is 0 Å². The molecule has 6 heteroatoms. The highest BCUT2D eigenvalue weighted by atomic mass is 35.5. The van der Waals surface area contributed by atoms with Gasteiger partial charge in [0, 0.05) is 35.6 Å². The van der Waals surface area contributed by atoms with Gasteiger partial charge in [-0.15, -0.1) is 0 Å². The molecule has 0 amide bonds. The van der Waals surface area contributed by atoms with Gasteiger partial charge in [-0.2, -0.15) is 0 Å². The van der Waals surface area contributed by atoms with E-state index in [2.05, 4.69) is 11.9 Å². The molecule has 0 radical (unpaired) electrons. The molecule has 2 heterocycles. The molecule has 0 aliphatic carbocycles. The molecule has 1 aliphatic rings. The van der Waals surface area contributed by atoms with Crippen molar-refractivity contribution in [2.24, 2.45) is 5.41 Å². The van der Waals surface area contributed by atoms with Crippen LogP contribution < -0.4 is 0 Å². The average Bonchev–Trinajstić information content (AvgIpc) is 2.99. The number of fused-ring (bicyclic) bond motifs is 1. The highest BCUT2D eigenvalue weighted by Gasteiger charge is 2.35. The number of ether oxygens (including phenoxy) is 1. The molecule has 136 valence electrons. The van der Waals surface area contributed by atoms with Crippen molar-refractivity contribution in [3.05, 3.63) is 35.3 Å². The first-order valence-corrected chi connectivity index (χ1v) is 9.13. The van der Waals surface area contributed by atoms with Gasteiger partial charge in [0.05, 0.1) is 12.2 Å². The van der Waals surface area contributed by atoms with Crippen molar-refractivity contribution in [2.75, 3.05) is 19.7 Å². The van der Waals surface area contributed by atoms with E-state index in [4.69, 9.17) is 16.5 Å². The summed E-state index contributed by atoms with van der Waals surface area (Å²) in [5, 5.41) is 0.563. The molecule has 1 aliphatic heterocycles. The SMILES string of the molecule is CCCC1(COC(=O)c2c[nH]c3cc(C)c(F)cc23)CCN(Cl)CC1. The van der Waals surface area contributed by atoms with Crippen molar-refractivity contribution in [1.29, 1.82) is 0 Å². The number of hydrogen-bond donors (Lipinski definition) is 1. The number of benzene rings is 1. The molecule has 3 rings (SSSR count). The predicted molar refractivity (Wildman–Crippen MR) is 97.3 cm³/mol. The minimum absolute atomic E-state index is 0.0102. The monoisotopic (exact) mass is 366 g/mol. The second-order valence-corrected chi connectivity index (χ2v) is 7.56. The number of carbonyl (C=O) groups is 1. The molecule has 0 unspecified atom stereocenters. The number of aromatic nitrogens is 1. The summed E-state index contributed by atoms with van der Waals surface area (Å²) < 4.78 is 21.3. The number of esters is 1. The molecule has 2 aromatic rings. The van der Waals surface area contributed by atoms with E-state index in [0.29, 0.717) is 23.1 Å². The summed E-state index contributed by atoms with van der Waals surface area (Å²) in [7, 11) is 0. The Balaban J connectivity index is 1.74. The third-order valence-electron chi connectivity index (χ3n) is 5.24. The van der Waals surface area contributed by atoms with Gasteiger partial charge in [-0.05, 0) is 55.7 Å². The lowest BCUT2D eigenvalue weighted by molar-refractivity contribution is 0.0106. The molecule has 0 saturated carbocycles. The Morgan fingerprint density at radius 3 is 2.80 bits per heavy atom. The Morgan fingerprint density at radius 1 is 1.40 bits per heavy atom. The zero-order valence-corrected chi connectivity index (χ0v) is 15.5. The minimum Gasteiger partial charge on any atom is -0.461 e. The van der Waals surface area contributed by atoms with Gasteiger partial charge in [0.2, 0.25) is 0 Å². The van der Waals surface area contributed by atoms with Crippen LogP contribution in [-0.2, 0) is 4.74 Å². The van der Waals surface area contributed by atoms with Gasteiger partial charge in [-0.3, -0.25) is 0 Å². The lowest BCUT2D eigenvalue weighted by Crippen LogP contribution is -2.39. The van der Waals surface area contributed by atoms with Gasteiger partial charge in [0.1, 0.15) is 5.82 Å². The highest BCUT2D eigenvalue weighted by Crippen LogP contribution is 2.37. The van der Waals surface area contributed by atoms with E-state index in [1.165, 1.54) is 6.07 Å². The van der Waals surface area contributed by atoms with E-state index in [1.54, 1.807) is 23.6 Å². The lowest BCUT2D eigenvalue weighted by atomic mass is 9.76. The van der Waals surface area contributed by atoms with Crippen LogP contribution in [0.15, 0.2) is 18.3 Å². The molecule has 25 heavy (non-hydrogen) atoms. The summed E-state index contributed by atoms with van der Waals surface area (Å²) in [5.41, 5.74) is 1.66. The Kier molecular flexibility index (Phi) is 5.35. The number of nitrogens with one attached hydrogen (secondary N) is 1. The Morgan fingerprint density at radius 2 is 2.12 bits per heavy atom. The number of aromatic amines is 1. The van der Waals surface area contributed by atoms with Gasteiger partial charge in [0.15, 0.2) is 0 Å². The van der Waals surface area contributed by atoms with Crippen LogP contribution in [-0.4, -0.2) is 35.1 Å². The van der Waals surface area contributed by atoms with Gasteiger partial charge >= 0.3 is 5.97 Å². The number of H-pyrrole nitrogens is 1. The Labute approximate surface area is 152 Å². The Hall–Kier alpha value is -1.59. The summed E-state index contributed by atoms with van der Waals surface area (Å²) >= 11 is 6.07. The fourth-order valence-corrected chi connectivity index (χ4v) is 3.84. The van der Waals surface area contributed by atoms with Crippen molar-refractivity contribution < 1.29 is 13.9 Å². The molecule has 0 spiro atoms. The standard InChI is InChI=1S/C19H24ClFN2O2/c1-3-4-19(5-7-23(20)8-6-19)12-25-18(24)15-11-22-17-9-13(2)16(21)10-14(15)17/h9-11,22H,3-8,12H2,1-2H3. The van der Waals surface area contributed by atoms with Gasteiger partial charge in [-0.25, -0.2) is 13.6 Å². The van der Waals surface area contributed by atoms with Crippen molar-refractivity contribution >= 4 is 28.6 Å². The molecular weight excluding hydrogens is 343 g/mol. The van der Waals surface area contributed by atoms with Gasteiger partial charge < -0.3 is 9.72 Å². The topological polar surface area (TPSA) is 45.3 Å². The second kappa shape index (κ2) is 7.34. The largest absolute Gasteiger partial charge is 0.461 e. The maximum Gasteiger partial charge on any atom is 0.340 e. The fraction of sp³-hybridized carbons (Fsp3) is 0.526. The molecular formula is C19H24ClFN2O2. The highest BCUT2D eigenvalue weighted by molar-refractivity contribution is 6.13. The van der Waals surface area contributed by atoms with Gasteiger partial charge in [-0.1, -0.05) is 13.3 Å². The first-order chi connectivity index (χ1) is 11.9. The number of carbonyl (C=O) groups excluding carboxylic acids is 1. The second-order valence-electron chi connectivity index (χ2n) is 7.09. The van der Waals surface area contributed by atoms with E-state index in [0.717, 1.165) is 44.3 Å². The molecule has 0 bridgehead atoms. The van der Waals surface area contributed by atoms with Crippen LogP contribution in [0.3, 0.4) is 0 Å². The maximum absolute atomic E-state index is 13.9. The summed E-state index contributed by atoms with van der Waals surface area (Å²) in [4.78, 5) is 15.6. The summed E-state index contributed by atoms with van der Waals surface area (Å²) in [6, 6.07) is 3.10. The molecule has 1 N–H and O–H groups in total. The number of nitrogens with zero attached hydrogens (tertiary/aromatic N) is 1. The quantitative estimate of drug-likeness (QED) is 0.610.